The SMILES string of the molecule is CCCCCCCCCCOC(=O)Oc1c2n(cc(C(=O)NCc3ccc(F)cc3F)c1=O)[C@@H]1CN(C2=O)[C@@H](C)CC[C@]12CC(OC)=NO2. The van der Waals surface area contributed by atoms with E-state index in [1.54, 1.807) is 4.90 Å². The third-order valence-electron chi connectivity index (χ3n) is 9.60. The number of pyridine rings is 1. The molecule has 1 fully saturated rings. The van der Waals surface area contributed by atoms with Crippen LogP contribution >= 0.6 is 0 Å². The van der Waals surface area contributed by atoms with Crippen LogP contribution in [0.25, 0.3) is 0 Å². The Labute approximate surface area is 283 Å². The zero-order chi connectivity index (χ0) is 35.1. The molecule has 3 aliphatic rings. The van der Waals surface area contributed by atoms with Gasteiger partial charge in [-0.3, -0.25) is 14.4 Å². The van der Waals surface area contributed by atoms with Crippen LogP contribution in [0.2, 0.25) is 0 Å². The number of carbonyl (C=O) groups excluding carboxylic acids is 3. The van der Waals surface area contributed by atoms with Crippen molar-refractivity contribution in [2.45, 2.75) is 109 Å². The summed E-state index contributed by atoms with van der Waals surface area (Å²) in [4.78, 5) is 62.1. The highest BCUT2D eigenvalue weighted by atomic mass is 19.1. The summed E-state index contributed by atoms with van der Waals surface area (Å²) in [5, 5.41) is 6.58. The number of halogens is 2. The van der Waals surface area contributed by atoms with E-state index in [1.807, 2.05) is 6.92 Å². The van der Waals surface area contributed by atoms with Crippen LogP contribution in [-0.2, 0) is 20.9 Å². The van der Waals surface area contributed by atoms with Gasteiger partial charge in [-0.2, -0.15) is 0 Å². The van der Waals surface area contributed by atoms with Crippen molar-refractivity contribution in [3.05, 3.63) is 63.1 Å². The van der Waals surface area contributed by atoms with Gasteiger partial charge in [0.2, 0.25) is 17.1 Å². The molecule has 2 aromatic rings. The predicted octanol–water partition coefficient (Wildman–Crippen LogP) is 6.01. The Hall–Kier alpha value is -4.49. The average molecular weight is 687 g/mol. The maximum Gasteiger partial charge on any atom is 0.514 e. The van der Waals surface area contributed by atoms with E-state index in [2.05, 4.69) is 17.4 Å². The highest BCUT2D eigenvalue weighted by Gasteiger charge is 2.55. The quantitative estimate of drug-likeness (QED) is 0.200. The Morgan fingerprint density at radius 1 is 1.10 bits per heavy atom. The summed E-state index contributed by atoms with van der Waals surface area (Å²) in [7, 11) is 1.47. The normalized spacial score (nSPS) is 21.0. The molecule has 0 unspecified atom stereocenters. The Kier molecular flexibility index (Phi) is 11.6. The van der Waals surface area contributed by atoms with E-state index in [0.29, 0.717) is 31.2 Å². The van der Waals surface area contributed by atoms with E-state index in [4.69, 9.17) is 19.0 Å². The first kappa shape index (κ1) is 35.8. The highest BCUT2D eigenvalue weighted by molar-refractivity contribution is 6.00. The highest BCUT2D eigenvalue weighted by Crippen LogP contribution is 2.46. The minimum absolute atomic E-state index is 0.0139. The zero-order valence-electron chi connectivity index (χ0n) is 28.2. The van der Waals surface area contributed by atoms with Crippen LogP contribution in [0.4, 0.5) is 13.6 Å². The first-order chi connectivity index (χ1) is 23.6. The third kappa shape index (κ3) is 7.88. The number of hydrogen-bond acceptors (Lipinski definition) is 9. The molecule has 2 bridgehead atoms. The molecule has 0 radical (unpaired) electrons. The van der Waals surface area contributed by atoms with Crippen molar-refractivity contribution in [1.29, 1.82) is 0 Å². The van der Waals surface area contributed by atoms with Crippen LogP contribution in [0.5, 0.6) is 5.75 Å². The monoisotopic (exact) mass is 686 g/mol. The number of fused-ring (bicyclic) bond motifs is 5. The molecule has 1 aromatic heterocycles. The number of methoxy groups -OCH3 is 1. The molecule has 0 aliphatic carbocycles. The van der Waals surface area contributed by atoms with Gasteiger partial charge < -0.3 is 33.8 Å². The van der Waals surface area contributed by atoms with E-state index < -0.39 is 58.0 Å². The molecule has 5 rings (SSSR count). The molecule has 1 aromatic carbocycles. The van der Waals surface area contributed by atoms with Crippen LogP contribution in [0.15, 0.2) is 34.3 Å². The lowest BCUT2D eigenvalue weighted by Crippen LogP contribution is -2.52. The fourth-order valence-electron chi connectivity index (χ4n) is 6.71. The summed E-state index contributed by atoms with van der Waals surface area (Å²) < 4.78 is 45.4. The fraction of sp³-hybridized carbons (Fsp3) is 0.571. The molecule has 2 amide bonds. The summed E-state index contributed by atoms with van der Waals surface area (Å²) in [5.41, 5.74) is -2.73. The lowest BCUT2D eigenvalue weighted by atomic mass is 9.85. The Morgan fingerprint density at radius 2 is 1.84 bits per heavy atom. The third-order valence-corrected chi connectivity index (χ3v) is 9.60. The van der Waals surface area contributed by atoms with Gasteiger partial charge in [0, 0.05) is 37.0 Å². The number of ether oxygens (including phenoxy) is 3. The first-order valence-electron chi connectivity index (χ1n) is 17.0. The van der Waals surface area contributed by atoms with Gasteiger partial charge in [-0.05, 0) is 32.3 Å². The molecule has 1 N–H and O–H groups in total. The molecule has 3 aliphatic heterocycles. The van der Waals surface area contributed by atoms with Gasteiger partial charge in [0.25, 0.3) is 11.8 Å². The Morgan fingerprint density at radius 3 is 2.53 bits per heavy atom. The number of carbonyl (C=O) groups is 3. The fourth-order valence-corrected chi connectivity index (χ4v) is 6.71. The second-order valence-electron chi connectivity index (χ2n) is 12.9. The lowest BCUT2D eigenvalue weighted by molar-refractivity contribution is -0.0655. The number of rotatable bonds is 13. The van der Waals surface area contributed by atoms with Gasteiger partial charge in [-0.1, -0.05) is 63.1 Å². The van der Waals surface area contributed by atoms with Crippen molar-refractivity contribution in [3.8, 4) is 5.75 Å². The Balaban J connectivity index is 1.44. The average Bonchev–Trinajstić information content (AvgIpc) is 3.46. The molecule has 12 nitrogen and oxygen atoms in total. The van der Waals surface area contributed by atoms with Gasteiger partial charge in [-0.15, -0.1) is 0 Å². The van der Waals surface area contributed by atoms with E-state index in [0.717, 1.165) is 31.7 Å². The summed E-state index contributed by atoms with van der Waals surface area (Å²) in [6.45, 7) is 3.89. The van der Waals surface area contributed by atoms with Crippen molar-refractivity contribution in [1.82, 2.24) is 14.8 Å². The largest absolute Gasteiger partial charge is 0.514 e. The maximum absolute atomic E-state index is 14.3. The van der Waals surface area contributed by atoms with Crippen LogP contribution in [0.3, 0.4) is 0 Å². The van der Waals surface area contributed by atoms with Crippen LogP contribution < -0.4 is 15.5 Å². The van der Waals surface area contributed by atoms with Crippen molar-refractivity contribution >= 4 is 23.9 Å². The van der Waals surface area contributed by atoms with Crippen molar-refractivity contribution < 1.29 is 42.2 Å². The smallest absolute Gasteiger partial charge is 0.482 e. The van der Waals surface area contributed by atoms with Gasteiger partial charge in [0.15, 0.2) is 11.3 Å². The lowest BCUT2D eigenvalue weighted by Gasteiger charge is -2.41. The first-order valence-corrected chi connectivity index (χ1v) is 17.0. The molecule has 1 saturated heterocycles. The molecule has 4 heterocycles. The number of aromatic nitrogens is 1. The molecular weight excluding hydrogens is 642 g/mol. The second kappa shape index (κ2) is 15.8. The minimum Gasteiger partial charge on any atom is -0.482 e. The molecular formula is C35H44F2N4O8. The summed E-state index contributed by atoms with van der Waals surface area (Å²) >= 11 is 0. The van der Waals surface area contributed by atoms with Gasteiger partial charge in [0.05, 0.1) is 26.2 Å². The zero-order valence-corrected chi connectivity index (χ0v) is 28.2. The minimum atomic E-state index is -1.19. The molecule has 3 atom stereocenters. The molecule has 49 heavy (non-hydrogen) atoms. The van der Waals surface area contributed by atoms with E-state index >= 15 is 0 Å². The molecule has 1 spiro atoms. The van der Waals surface area contributed by atoms with Crippen molar-refractivity contribution in [2.75, 3.05) is 20.3 Å². The van der Waals surface area contributed by atoms with E-state index in [1.165, 1.54) is 43.2 Å². The number of unbranched alkanes of at least 4 members (excludes halogenated alkanes) is 7. The van der Waals surface area contributed by atoms with Crippen molar-refractivity contribution in [2.24, 2.45) is 5.16 Å². The summed E-state index contributed by atoms with van der Waals surface area (Å²) in [6, 6.07) is 1.98. The topological polar surface area (TPSA) is 138 Å². The standard InChI is InChI=1S/C35H44F2N4O8/c1-4-5-6-7-8-9-10-11-16-47-34(45)48-31-29-33(44)40-21-27(35(15-14-22(40)2)18-28(46-3)39-49-35)41(29)20-25(30(31)42)32(43)38-19-23-12-13-24(36)17-26(23)37/h12-13,17,20,22,27H,4-11,14-16,18-19,21H2,1-3H3,(H,38,43)/t22-,27+,35-/m0/s1. The molecule has 266 valence electrons. The second-order valence-corrected chi connectivity index (χ2v) is 12.9. The van der Waals surface area contributed by atoms with Gasteiger partial charge in [0.1, 0.15) is 17.2 Å². The molecule has 0 saturated carbocycles. The van der Waals surface area contributed by atoms with Crippen LogP contribution in [-0.4, -0.2) is 65.2 Å². The maximum atomic E-state index is 14.3. The van der Waals surface area contributed by atoms with Crippen molar-refractivity contribution in [3.63, 3.8) is 0 Å². The number of nitrogens with zero attached hydrogens (tertiary/aromatic N) is 3. The number of hydrogen-bond donors (Lipinski definition) is 1. The van der Waals surface area contributed by atoms with Gasteiger partial charge >= 0.3 is 6.16 Å². The van der Waals surface area contributed by atoms with Crippen LogP contribution in [0, 0.1) is 11.6 Å². The van der Waals surface area contributed by atoms with E-state index in [-0.39, 0.29) is 43.4 Å². The number of oxime groups is 1. The Bertz CT molecular complexity index is 1650. The number of nitrogens with one attached hydrogen (secondary N) is 1. The predicted molar refractivity (Wildman–Crippen MR) is 174 cm³/mol. The molecule has 14 heteroatoms. The number of benzene rings is 1. The summed E-state index contributed by atoms with van der Waals surface area (Å²) in [6.07, 6.45) is 9.59. The van der Waals surface area contributed by atoms with E-state index in [9.17, 15) is 28.0 Å². The van der Waals surface area contributed by atoms with Gasteiger partial charge in [-0.25, -0.2) is 13.6 Å². The van der Waals surface area contributed by atoms with Crippen LogP contribution in [0.1, 0.15) is 117 Å². The number of amides is 2. The summed E-state index contributed by atoms with van der Waals surface area (Å²) in [5.74, 6) is -3.45.